The summed E-state index contributed by atoms with van der Waals surface area (Å²) in [6.07, 6.45) is 5.46. The number of rotatable bonds is 2. The lowest BCUT2D eigenvalue weighted by Gasteiger charge is -2.24. The number of aryl methyl sites for hydroxylation is 1. The fourth-order valence-corrected chi connectivity index (χ4v) is 2.07. The van der Waals surface area contributed by atoms with Crippen LogP contribution >= 0.6 is 0 Å². The molecule has 2 unspecified atom stereocenters. The maximum atomic E-state index is 10.7. The third-order valence-corrected chi connectivity index (χ3v) is 2.85. The molecular formula is C11H14N2O2. The molecule has 0 N–H and O–H groups in total. The van der Waals surface area contributed by atoms with Gasteiger partial charge in [0.1, 0.15) is 18.0 Å². The first-order chi connectivity index (χ1) is 7.15. The number of hydrogen-bond acceptors (Lipinski definition) is 4. The molecule has 1 aliphatic heterocycles. The molecule has 0 aliphatic carbocycles. The number of hydrogen-bond donors (Lipinski definition) is 0. The van der Waals surface area contributed by atoms with Crippen molar-refractivity contribution in [2.45, 2.75) is 38.4 Å². The third kappa shape index (κ3) is 1.77. The Labute approximate surface area is 88.7 Å². The smallest absolute Gasteiger partial charge is 0.148 e. The van der Waals surface area contributed by atoms with Crippen molar-refractivity contribution in [3.63, 3.8) is 0 Å². The summed E-state index contributed by atoms with van der Waals surface area (Å²) in [6, 6.07) is 0. The number of nitrogens with zero attached hydrogens (tertiary/aromatic N) is 2. The highest BCUT2D eigenvalue weighted by molar-refractivity contribution is 5.56. The van der Waals surface area contributed by atoms with E-state index >= 15 is 0 Å². The second-order valence-corrected chi connectivity index (χ2v) is 4.05. The van der Waals surface area contributed by atoms with Gasteiger partial charge in [-0.3, -0.25) is 9.97 Å². The highest BCUT2D eigenvalue weighted by atomic mass is 16.5. The molecular weight excluding hydrogens is 192 g/mol. The molecule has 2 rings (SSSR count). The Balaban J connectivity index is 2.31. The molecule has 4 nitrogen and oxygen atoms in total. The summed E-state index contributed by atoms with van der Waals surface area (Å²) < 4.78 is 5.69. The second-order valence-electron chi connectivity index (χ2n) is 4.05. The van der Waals surface area contributed by atoms with Gasteiger partial charge in [0.15, 0.2) is 0 Å². The number of aromatic nitrogens is 2. The van der Waals surface area contributed by atoms with Crippen LogP contribution in [0.25, 0.3) is 0 Å². The summed E-state index contributed by atoms with van der Waals surface area (Å²) in [4.78, 5) is 19.1. The van der Waals surface area contributed by atoms with Gasteiger partial charge in [-0.25, -0.2) is 0 Å². The summed E-state index contributed by atoms with van der Waals surface area (Å²) in [7, 11) is 0. The first-order valence-electron chi connectivity index (χ1n) is 5.07. The predicted molar refractivity (Wildman–Crippen MR) is 54.3 cm³/mol. The van der Waals surface area contributed by atoms with Crippen molar-refractivity contribution in [3.05, 3.63) is 23.8 Å². The van der Waals surface area contributed by atoms with Gasteiger partial charge in [-0.1, -0.05) is 0 Å². The minimum atomic E-state index is -0.454. The molecule has 0 saturated carbocycles. The Morgan fingerprint density at radius 2 is 2.27 bits per heavy atom. The Hall–Kier alpha value is -1.29. The molecule has 4 heteroatoms. The van der Waals surface area contributed by atoms with Gasteiger partial charge in [-0.15, -0.1) is 0 Å². The van der Waals surface area contributed by atoms with E-state index in [4.69, 9.17) is 4.74 Å². The average Bonchev–Trinajstić information content (AvgIpc) is 2.62. The van der Waals surface area contributed by atoms with E-state index in [1.54, 1.807) is 12.4 Å². The highest BCUT2D eigenvalue weighted by Crippen LogP contribution is 2.38. The molecule has 1 aromatic heterocycles. The molecule has 2 heterocycles. The van der Waals surface area contributed by atoms with Gasteiger partial charge in [-0.05, 0) is 26.7 Å². The fraction of sp³-hybridized carbons (Fsp3) is 0.545. The predicted octanol–water partition coefficient (Wildman–Crippen LogP) is 1.38. The van der Waals surface area contributed by atoms with E-state index < -0.39 is 5.60 Å². The first kappa shape index (κ1) is 10.2. The average molecular weight is 206 g/mol. The highest BCUT2D eigenvalue weighted by Gasteiger charge is 2.39. The van der Waals surface area contributed by atoms with Crippen LogP contribution in [0.1, 0.15) is 31.2 Å². The minimum Gasteiger partial charge on any atom is -0.358 e. The van der Waals surface area contributed by atoms with Gasteiger partial charge in [-0.2, -0.15) is 0 Å². The molecule has 0 aromatic carbocycles. The van der Waals surface area contributed by atoms with Crippen molar-refractivity contribution in [1.29, 1.82) is 0 Å². The van der Waals surface area contributed by atoms with Gasteiger partial charge in [0.2, 0.25) is 0 Å². The Bertz CT molecular complexity index is 381. The number of carbonyl (C=O) groups excluding carboxylic acids is 1. The molecule has 0 spiro atoms. The number of ether oxygens (including phenoxy) is 1. The SMILES string of the molecule is Cc1nccnc1C1(C)CCC(C=O)O1. The summed E-state index contributed by atoms with van der Waals surface area (Å²) >= 11 is 0. The molecule has 1 aromatic rings. The van der Waals surface area contributed by atoms with Gasteiger partial charge in [0, 0.05) is 12.4 Å². The zero-order chi connectivity index (χ0) is 10.9. The minimum absolute atomic E-state index is 0.295. The van der Waals surface area contributed by atoms with Crippen molar-refractivity contribution in [2.75, 3.05) is 0 Å². The molecule has 80 valence electrons. The molecule has 0 radical (unpaired) electrons. The Kier molecular flexibility index (Phi) is 2.52. The van der Waals surface area contributed by atoms with Crippen LogP contribution in [-0.2, 0) is 15.1 Å². The van der Waals surface area contributed by atoms with Crippen LogP contribution in [0.15, 0.2) is 12.4 Å². The molecule has 1 saturated heterocycles. The van der Waals surface area contributed by atoms with E-state index in [0.29, 0.717) is 0 Å². The standard InChI is InChI=1S/C11H14N2O2/c1-8-10(13-6-5-12-8)11(2)4-3-9(7-14)15-11/h5-7,9H,3-4H2,1-2H3. The summed E-state index contributed by atoms with van der Waals surface area (Å²) in [5.74, 6) is 0. The number of aldehydes is 1. The number of carbonyl (C=O) groups is 1. The summed E-state index contributed by atoms with van der Waals surface area (Å²) in [5, 5.41) is 0. The van der Waals surface area contributed by atoms with E-state index in [-0.39, 0.29) is 6.10 Å². The van der Waals surface area contributed by atoms with Gasteiger partial charge in [0.05, 0.1) is 11.4 Å². The summed E-state index contributed by atoms with van der Waals surface area (Å²) in [6.45, 7) is 3.87. The maximum absolute atomic E-state index is 10.7. The van der Waals surface area contributed by atoms with Crippen LogP contribution in [-0.4, -0.2) is 22.4 Å². The van der Waals surface area contributed by atoms with E-state index in [1.807, 2.05) is 13.8 Å². The van der Waals surface area contributed by atoms with Crippen molar-refractivity contribution >= 4 is 6.29 Å². The lowest BCUT2D eigenvalue weighted by molar-refractivity contribution is -0.122. The van der Waals surface area contributed by atoms with Crippen LogP contribution in [0, 0.1) is 6.92 Å². The zero-order valence-electron chi connectivity index (χ0n) is 8.93. The molecule has 0 bridgehead atoms. The van der Waals surface area contributed by atoms with Crippen LogP contribution in [0.5, 0.6) is 0 Å². The fourth-order valence-electron chi connectivity index (χ4n) is 2.07. The van der Waals surface area contributed by atoms with E-state index in [2.05, 4.69) is 9.97 Å². The Morgan fingerprint density at radius 1 is 1.53 bits per heavy atom. The van der Waals surface area contributed by atoms with Crippen LogP contribution in [0.4, 0.5) is 0 Å². The largest absolute Gasteiger partial charge is 0.358 e. The normalized spacial score (nSPS) is 30.4. The zero-order valence-corrected chi connectivity index (χ0v) is 8.93. The van der Waals surface area contributed by atoms with Crippen molar-refractivity contribution in [1.82, 2.24) is 9.97 Å². The molecule has 15 heavy (non-hydrogen) atoms. The Morgan fingerprint density at radius 3 is 2.87 bits per heavy atom. The molecule has 1 aliphatic rings. The van der Waals surface area contributed by atoms with Crippen LogP contribution in [0.2, 0.25) is 0 Å². The van der Waals surface area contributed by atoms with E-state index in [9.17, 15) is 4.79 Å². The van der Waals surface area contributed by atoms with Crippen molar-refractivity contribution in [2.24, 2.45) is 0 Å². The lowest BCUT2D eigenvalue weighted by Crippen LogP contribution is -2.25. The maximum Gasteiger partial charge on any atom is 0.148 e. The van der Waals surface area contributed by atoms with Gasteiger partial charge >= 0.3 is 0 Å². The first-order valence-corrected chi connectivity index (χ1v) is 5.07. The van der Waals surface area contributed by atoms with Gasteiger partial charge in [0.25, 0.3) is 0 Å². The van der Waals surface area contributed by atoms with Gasteiger partial charge < -0.3 is 9.53 Å². The summed E-state index contributed by atoms with van der Waals surface area (Å²) in [5.41, 5.74) is 1.25. The lowest BCUT2D eigenvalue weighted by atomic mass is 9.96. The van der Waals surface area contributed by atoms with Crippen LogP contribution in [0.3, 0.4) is 0 Å². The van der Waals surface area contributed by atoms with Crippen LogP contribution < -0.4 is 0 Å². The quantitative estimate of drug-likeness (QED) is 0.686. The topological polar surface area (TPSA) is 52.1 Å². The van der Waals surface area contributed by atoms with Crippen molar-refractivity contribution < 1.29 is 9.53 Å². The third-order valence-electron chi connectivity index (χ3n) is 2.85. The molecule has 0 amide bonds. The van der Waals surface area contributed by atoms with E-state index in [0.717, 1.165) is 30.5 Å². The molecule has 1 fully saturated rings. The van der Waals surface area contributed by atoms with E-state index in [1.165, 1.54) is 0 Å². The molecule has 2 atom stereocenters. The monoisotopic (exact) mass is 206 g/mol. The van der Waals surface area contributed by atoms with Crippen molar-refractivity contribution in [3.8, 4) is 0 Å². The second kappa shape index (κ2) is 3.70.